The fraction of sp³-hybridized carbons (Fsp3) is 0.952. The van der Waals surface area contributed by atoms with Gasteiger partial charge < -0.3 is 10.1 Å². The van der Waals surface area contributed by atoms with Crippen LogP contribution < -0.4 is 5.32 Å². The van der Waals surface area contributed by atoms with E-state index in [2.05, 4.69) is 22.0 Å². The predicted molar refractivity (Wildman–Crippen MR) is 105 cm³/mol. The van der Waals surface area contributed by atoms with Crippen molar-refractivity contribution in [3.8, 4) is 0 Å². The van der Waals surface area contributed by atoms with E-state index in [1.165, 1.54) is 51.4 Å². The van der Waals surface area contributed by atoms with Crippen molar-refractivity contribution >= 4 is 5.91 Å². The van der Waals surface area contributed by atoms with Crippen LogP contribution >= 0.6 is 0 Å². The zero-order chi connectivity index (χ0) is 18.2. The lowest BCUT2D eigenvalue weighted by Crippen LogP contribution is -2.47. The minimum Gasteiger partial charge on any atom is -0.379 e. The molecule has 150 valence electrons. The van der Waals surface area contributed by atoms with E-state index in [0.717, 1.165) is 57.8 Å². The number of amides is 1. The highest BCUT2D eigenvalue weighted by atomic mass is 16.5. The predicted octanol–water partition coefficient (Wildman–Crippen LogP) is 2.51. The van der Waals surface area contributed by atoms with E-state index in [1.807, 2.05) is 0 Å². The number of hydrogen-bond donors (Lipinski definition) is 1. The molecule has 1 N–H and O–H groups in total. The topological polar surface area (TPSA) is 44.8 Å². The molecule has 0 bridgehead atoms. The summed E-state index contributed by atoms with van der Waals surface area (Å²) in [5.41, 5.74) is 0. The van der Waals surface area contributed by atoms with Crippen LogP contribution in [0.15, 0.2) is 0 Å². The molecule has 1 aliphatic heterocycles. The molecule has 1 saturated heterocycles. The lowest BCUT2D eigenvalue weighted by molar-refractivity contribution is -0.123. The first-order chi connectivity index (χ1) is 12.8. The molecule has 26 heavy (non-hydrogen) atoms. The maximum Gasteiger partial charge on any atom is 0.234 e. The fourth-order valence-corrected chi connectivity index (χ4v) is 4.11. The number of rotatable bonds is 13. The number of morpholine rings is 1. The molecule has 5 nitrogen and oxygen atoms in total. The number of carbonyl (C=O) groups excluding carboxylic acids is 1. The summed E-state index contributed by atoms with van der Waals surface area (Å²) in [4.78, 5) is 17.5. The monoisotopic (exact) mass is 365 g/mol. The van der Waals surface area contributed by atoms with Crippen LogP contribution in [0.1, 0.15) is 58.3 Å². The van der Waals surface area contributed by atoms with Crippen molar-refractivity contribution in [2.45, 2.75) is 64.3 Å². The van der Waals surface area contributed by atoms with Gasteiger partial charge in [-0.05, 0) is 50.5 Å². The Balaban J connectivity index is 1.42. The molecule has 0 spiro atoms. The Morgan fingerprint density at radius 1 is 1.08 bits per heavy atom. The summed E-state index contributed by atoms with van der Waals surface area (Å²) in [5.74, 6) is 1.81. The Morgan fingerprint density at radius 2 is 1.77 bits per heavy atom. The highest BCUT2D eigenvalue weighted by Gasteiger charge is 2.42. The Bertz CT molecular complexity index is 405. The van der Waals surface area contributed by atoms with Gasteiger partial charge in [0.25, 0.3) is 0 Å². The van der Waals surface area contributed by atoms with Gasteiger partial charge in [-0.2, -0.15) is 0 Å². The largest absolute Gasteiger partial charge is 0.379 e. The van der Waals surface area contributed by atoms with Crippen LogP contribution in [0.3, 0.4) is 0 Å². The average Bonchev–Trinajstić information content (AvgIpc) is 3.55. The summed E-state index contributed by atoms with van der Waals surface area (Å²) >= 11 is 0. The first-order valence-electron chi connectivity index (χ1n) is 11.1. The Labute approximate surface area is 159 Å². The van der Waals surface area contributed by atoms with Gasteiger partial charge in [0.2, 0.25) is 5.91 Å². The second-order valence-corrected chi connectivity index (χ2v) is 8.56. The maximum absolute atomic E-state index is 12.7. The highest BCUT2D eigenvalue weighted by Crippen LogP contribution is 2.44. The first kappa shape index (κ1) is 20.1. The molecular formula is C21H39N3O2. The minimum absolute atomic E-state index is 0.256. The summed E-state index contributed by atoms with van der Waals surface area (Å²) in [6.45, 7) is 9.68. The Morgan fingerprint density at radius 3 is 2.38 bits per heavy atom. The summed E-state index contributed by atoms with van der Waals surface area (Å²) in [6.07, 6.45) is 10.3. The van der Waals surface area contributed by atoms with Gasteiger partial charge in [0, 0.05) is 32.2 Å². The normalized spacial score (nSPS) is 21.5. The molecule has 3 rings (SSSR count). The van der Waals surface area contributed by atoms with Crippen LogP contribution in [-0.2, 0) is 9.53 Å². The third-order valence-corrected chi connectivity index (χ3v) is 6.12. The standard InChI is InChI=1S/C21H39N3O2/c1-2-3-4-5-10-24(12-11-23-13-15-26-16-14-23)17-20(25)22-21(18-6-7-18)19-8-9-19/h18-19,21H,2-17H2,1H3,(H,22,25). The number of nitrogens with one attached hydrogen (secondary N) is 1. The lowest BCUT2D eigenvalue weighted by atomic mass is 10.1. The van der Waals surface area contributed by atoms with Gasteiger partial charge in [-0.15, -0.1) is 0 Å². The van der Waals surface area contributed by atoms with Gasteiger partial charge in [-0.1, -0.05) is 26.2 Å². The van der Waals surface area contributed by atoms with Crippen LogP contribution in [-0.4, -0.2) is 74.2 Å². The molecule has 1 heterocycles. The summed E-state index contributed by atoms with van der Waals surface area (Å²) in [6, 6.07) is 0.476. The third-order valence-electron chi connectivity index (χ3n) is 6.12. The molecule has 2 aliphatic carbocycles. The Kier molecular flexibility index (Phi) is 8.21. The van der Waals surface area contributed by atoms with E-state index in [-0.39, 0.29) is 5.91 Å². The maximum atomic E-state index is 12.7. The van der Waals surface area contributed by atoms with Crippen LogP contribution in [0.2, 0.25) is 0 Å². The molecule has 0 atom stereocenters. The molecule has 1 amide bonds. The number of ether oxygens (including phenoxy) is 1. The fourth-order valence-electron chi connectivity index (χ4n) is 4.11. The third kappa shape index (κ3) is 7.16. The summed E-state index contributed by atoms with van der Waals surface area (Å²) in [7, 11) is 0. The Hall–Kier alpha value is -0.650. The molecule has 0 aromatic heterocycles. The highest BCUT2D eigenvalue weighted by molar-refractivity contribution is 5.78. The van der Waals surface area contributed by atoms with Gasteiger partial charge >= 0.3 is 0 Å². The van der Waals surface area contributed by atoms with Crippen molar-refractivity contribution in [3.63, 3.8) is 0 Å². The summed E-state index contributed by atoms with van der Waals surface area (Å²) in [5, 5.41) is 3.40. The SMILES string of the molecule is CCCCCCN(CCN1CCOCC1)CC(=O)NC(C1CC1)C1CC1. The molecule has 5 heteroatoms. The number of carbonyl (C=O) groups is 1. The van der Waals surface area contributed by atoms with Gasteiger partial charge in [0.1, 0.15) is 0 Å². The first-order valence-corrected chi connectivity index (χ1v) is 11.1. The zero-order valence-corrected chi connectivity index (χ0v) is 16.8. The van der Waals surface area contributed by atoms with E-state index in [9.17, 15) is 4.79 Å². The molecule has 0 aromatic rings. The van der Waals surface area contributed by atoms with Crippen molar-refractivity contribution in [2.24, 2.45) is 11.8 Å². The molecule has 2 saturated carbocycles. The van der Waals surface area contributed by atoms with Gasteiger partial charge in [0.05, 0.1) is 19.8 Å². The van der Waals surface area contributed by atoms with Crippen LogP contribution in [0, 0.1) is 11.8 Å². The van der Waals surface area contributed by atoms with Crippen molar-refractivity contribution in [2.75, 3.05) is 52.5 Å². The van der Waals surface area contributed by atoms with Gasteiger partial charge in [-0.25, -0.2) is 0 Å². The van der Waals surface area contributed by atoms with Crippen molar-refractivity contribution in [1.29, 1.82) is 0 Å². The van der Waals surface area contributed by atoms with Crippen molar-refractivity contribution < 1.29 is 9.53 Å². The van der Waals surface area contributed by atoms with Crippen molar-refractivity contribution in [1.82, 2.24) is 15.1 Å². The van der Waals surface area contributed by atoms with E-state index in [4.69, 9.17) is 4.74 Å². The molecular weight excluding hydrogens is 326 g/mol. The molecule has 3 fully saturated rings. The van der Waals surface area contributed by atoms with E-state index in [1.54, 1.807) is 0 Å². The van der Waals surface area contributed by atoms with E-state index >= 15 is 0 Å². The quantitative estimate of drug-likeness (QED) is 0.510. The second-order valence-electron chi connectivity index (χ2n) is 8.56. The van der Waals surface area contributed by atoms with Crippen LogP contribution in [0.25, 0.3) is 0 Å². The molecule has 0 unspecified atom stereocenters. The van der Waals surface area contributed by atoms with Crippen LogP contribution in [0.5, 0.6) is 0 Å². The number of hydrogen-bond acceptors (Lipinski definition) is 4. The number of nitrogens with zero attached hydrogens (tertiary/aromatic N) is 2. The van der Waals surface area contributed by atoms with Crippen LogP contribution in [0.4, 0.5) is 0 Å². The smallest absolute Gasteiger partial charge is 0.234 e. The average molecular weight is 366 g/mol. The van der Waals surface area contributed by atoms with Gasteiger partial charge in [0.15, 0.2) is 0 Å². The molecule has 0 radical (unpaired) electrons. The molecule has 3 aliphatic rings. The number of unbranched alkanes of at least 4 members (excludes halogenated alkanes) is 3. The lowest BCUT2D eigenvalue weighted by Gasteiger charge is -2.30. The van der Waals surface area contributed by atoms with Gasteiger partial charge in [-0.3, -0.25) is 14.6 Å². The minimum atomic E-state index is 0.256. The van der Waals surface area contributed by atoms with E-state index < -0.39 is 0 Å². The van der Waals surface area contributed by atoms with Crippen molar-refractivity contribution in [3.05, 3.63) is 0 Å². The van der Waals surface area contributed by atoms with E-state index in [0.29, 0.717) is 12.6 Å². The molecule has 0 aromatic carbocycles. The zero-order valence-electron chi connectivity index (χ0n) is 16.8. The summed E-state index contributed by atoms with van der Waals surface area (Å²) < 4.78 is 5.44. The second kappa shape index (κ2) is 10.6.